The van der Waals surface area contributed by atoms with Crippen LogP contribution in [0.3, 0.4) is 0 Å². The summed E-state index contributed by atoms with van der Waals surface area (Å²) < 4.78 is 18.8. The van der Waals surface area contributed by atoms with Gasteiger partial charge in [0.25, 0.3) is 6.64 Å². The Morgan fingerprint density at radius 3 is 3.03 bits per heavy atom. The SMILES string of the molecule is CN(C)/C=N\c1ncnc2c1ncn2[C@H]1CC[C@@H](COP(N)(=S)OCCC#N)O1. The summed E-state index contributed by atoms with van der Waals surface area (Å²) in [4.78, 5) is 19.1. The van der Waals surface area contributed by atoms with Gasteiger partial charge in [-0.3, -0.25) is 10.1 Å². The van der Waals surface area contributed by atoms with Crippen molar-refractivity contribution in [3.8, 4) is 6.07 Å². The molecule has 0 amide bonds. The normalized spacial score (nSPS) is 21.4. The van der Waals surface area contributed by atoms with E-state index in [9.17, 15) is 0 Å². The maximum absolute atomic E-state index is 8.55. The Balaban J connectivity index is 1.63. The Hall–Kier alpha value is -2.00. The largest absolute Gasteiger partial charge is 0.369 e. The first kappa shape index (κ1) is 21.7. The standard InChI is InChI=1S/C16H23N8O3PS/c1-23(2)10-22-15-14-16(20-9-19-15)24(11-21-14)13-5-4-12(27-13)8-26-28(18,29)25-7-3-6-17/h9-13H,3-5,7-8H2,1-2H3,(H2,18,29)/b22-10-/t12-,13+,28?/m0/s1. The summed E-state index contributed by atoms with van der Waals surface area (Å²) in [6.45, 7) is -2.48. The molecule has 3 heterocycles. The molecule has 3 rings (SSSR count). The van der Waals surface area contributed by atoms with Crippen molar-refractivity contribution in [2.75, 3.05) is 27.3 Å². The summed E-state index contributed by atoms with van der Waals surface area (Å²) in [5, 5.41) is 8.55. The Morgan fingerprint density at radius 2 is 2.28 bits per heavy atom. The summed E-state index contributed by atoms with van der Waals surface area (Å²) >= 11 is 5.15. The average Bonchev–Trinajstić information content (AvgIpc) is 3.31. The second-order valence-corrected chi connectivity index (χ2v) is 9.72. The van der Waals surface area contributed by atoms with Crippen LogP contribution in [-0.2, 0) is 25.6 Å². The summed E-state index contributed by atoms with van der Waals surface area (Å²) in [6, 6.07) is 1.97. The van der Waals surface area contributed by atoms with Crippen LogP contribution in [0.25, 0.3) is 11.2 Å². The fraction of sp³-hybridized carbons (Fsp3) is 0.562. The summed E-state index contributed by atoms with van der Waals surface area (Å²) in [7, 11) is 3.76. The number of aromatic nitrogens is 4. The Kier molecular flexibility index (Phi) is 7.23. The van der Waals surface area contributed by atoms with Crippen molar-refractivity contribution in [2.24, 2.45) is 10.5 Å². The quantitative estimate of drug-likeness (QED) is 0.267. The topological polar surface area (TPSA) is 137 Å². The number of nitrogens with two attached hydrogens (primary N) is 1. The Morgan fingerprint density at radius 1 is 1.45 bits per heavy atom. The summed E-state index contributed by atoms with van der Waals surface area (Å²) in [5.74, 6) is 0.499. The molecule has 0 aromatic carbocycles. The van der Waals surface area contributed by atoms with Gasteiger partial charge in [-0.2, -0.15) is 5.26 Å². The lowest BCUT2D eigenvalue weighted by atomic mass is 10.2. The zero-order valence-electron chi connectivity index (χ0n) is 16.2. The van der Waals surface area contributed by atoms with Crippen LogP contribution in [0, 0.1) is 11.3 Å². The molecule has 11 nitrogen and oxygen atoms in total. The second kappa shape index (κ2) is 9.67. The highest BCUT2D eigenvalue weighted by atomic mass is 32.5. The van der Waals surface area contributed by atoms with Gasteiger partial charge in [-0.1, -0.05) is 0 Å². The molecule has 1 aliphatic heterocycles. The van der Waals surface area contributed by atoms with Gasteiger partial charge in [-0.05, 0) is 24.6 Å². The van der Waals surface area contributed by atoms with Crippen LogP contribution in [0.5, 0.6) is 0 Å². The van der Waals surface area contributed by atoms with E-state index in [0.29, 0.717) is 17.0 Å². The number of rotatable bonds is 9. The molecule has 2 N–H and O–H groups in total. The summed E-state index contributed by atoms with van der Waals surface area (Å²) in [6.07, 6.45) is 6.16. The maximum atomic E-state index is 8.55. The van der Waals surface area contributed by atoms with E-state index in [0.717, 1.165) is 12.8 Å². The van der Waals surface area contributed by atoms with Gasteiger partial charge in [0.1, 0.15) is 12.6 Å². The molecule has 2 aromatic rings. The number of nitriles is 1. The molecule has 13 heteroatoms. The smallest absolute Gasteiger partial charge is 0.258 e. The molecule has 1 aliphatic rings. The molecule has 29 heavy (non-hydrogen) atoms. The van der Waals surface area contributed by atoms with Crippen molar-refractivity contribution in [3.05, 3.63) is 12.7 Å². The summed E-state index contributed by atoms with van der Waals surface area (Å²) in [5.41, 5.74) is 7.14. The van der Waals surface area contributed by atoms with Crippen LogP contribution >= 0.6 is 6.64 Å². The molecule has 0 aliphatic carbocycles. The predicted molar refractivity (Wildman–Crippen MR) is 111 cm³/mol. The van der Waals surface area contributed by atoms with Gasteiger partial charge in [0.05, 0.1) is 44.5 Å². The maximum Gasteiger partial charge on any atom is 0.258 e. The minimum atomic E-state index is -2.87. The molecule has 1 fully saturated rings. The minimum absolute atomic E-state index is 0.164. The van der Waals surface area contributed by atoms with Crippen molar-refractivity contribution >= 4 is 41.8 Å². The van der Waals surface area contributed by atoms with Crippen molar-refractivity contribution in [3.63, 3.8) is 0 Å². The van der Waals surface area contributed by atoms with Crippen LogP contribution in [0.1, 0.15) is 25.5 Å². The first-order valence-corrected chi connectivity index (χ1v) is 11.7. The van der Waals surface area contributed by atoms with Crippen LogP contribution in [0.15, 0.2) is 17.6 Å². The molecule has 0 bridgehead atoms. The first-order valence-electron chi connectivity index (χ1n) is 8.98. The number of nitrogens with zero attached hydrogens (tertiary/aromatic N) is 7. The van der Waals surface area contributed by atoms with E-state index < -0.39 is 6.64 Å². The number of ether oxygens (including phenoxy) is 1. The lowest BCUT2D eigenvalue weighted by Gasteiger charge is -2.20. The van der Waals surface area contributed by atoms with E-state index in [2.05, 4.69) is 19.9 Å². The highest BCUT2D eigenvalue weighted by Gasteiger charge is 2.30. The zero-order valence-corrected chi connectivity index (χ0v) is 17.9. The van der Waals surface area contributed by atoms with E-state index >= 15 is 0 Å². The zero-order chi connectivity index (χ0) is 20.9. The van der Waals surface area contributed by atoms with Crippen molar-refractivity contribution in [1.29, 1.82) is 5.26 Å². The lowest BCUT2D eigenvalue weighted by molar-refractivity contribution is -0.0165. The molecule has 156 valence electrons. The van der Waals surface area contributed by atoms with Crippen molar-refractivity contribution in [1.82, 2.24) is 24.4 Å². The molecular formula is C16H23N8O3PS. The van der Waals surface area contributed by atoms with Gasteiger partial charge in [0.2, 0.25) is 0 Å². The molecular weight excluding hydrogens is 415 g/mol. The fourth-order valence-corrected chi connectivity index (χ4v) is 3.97. The molecule has 0 saturated carbocycles. The van der Waals surface area contributed by atoms with Gasteiger partial charge in [0, 0.05) is 14.1 Å². The van der Waals surface area contributed by atoms with E-state index in [1.54, 1.807) is 12.7 Å². The number of imidazole rings is 1. The third kappa shape index (κ3) is 5.76. The van der Waals surface area contributed by atoms with Gasteiger partial charge >= 0.3 is 0 Å². The highest BCUT2D eigenvalue weighted by Crippen LogP contribution is 2.41. The number of aliphatic imine (C=N–C) groups is 1. The van der Waals surface area contributed by atoms with Crippen LogP contribution in [0.4, 0.5) is 5.82 Å². The van der Waals surface area contributed by atoms with Crippen LogP contribution in [-0.4, -0.2) is 64.2 Å². The van der Waals surface area contributed by atoms with Gasteiger partial charge in [0.15, 0.2) is 17.0 Å². The van der Waals surface area contributed by atoms with Crippen LogP contribution in [0.2, 0.25) is 0 Å². The minimum Gasteiger partial charge on any atom is -0.369 e. The number of fused-ring (bicyclic) bond motifs is 1. The monoisotopic (exact) mass is 438 g/mol. The third-order valence-electron chi connectivity index (χ3n) is 4.07. The Labute approximate surface area is 173 Å². The van der Waals surface area contributed by atoms with E-state index in [1.807, 2.05) is 29.6 Å². The third-order valence-corrected chi connectivity index (χ3v) is 5.76. The second-order valence-electron chi connectivity index (χ2n) is 6.60. The molecule has 1 saturated heterocycles. The van der Waals surface area contributed by atoms with Gasteiger partial charge < -0.3 is 18.7 Å². The number of hydrogen-bond donors (Lipinski definition) is 1. The first-order chi connectivity index (χ1) is 13.9. The van der Waals surface area contributed by atoms with Gasteiger partial charge in [-0.25, -0.2) is 19.9 Å². The number of hydrogen-bond acceptors (Lipinski definition) is 9. The van der Waals surface area contributed by atoms with Gasteiger partial charge in [-0.15, -0.1) is 0 Å². The molecule has 3 atom stereocenters. The lowest BCUT2D eigenvalue weighted by Crippen LogP contribution is -2.18. The molecule has 2 aromatic heterocycles. The fourth-order valence-electron chi connectivity index (χ4n) is 2.77. The van der Waals surface area contributed by atoms with E-state index in [4.69, 9.17) is 36.4 Å². The highest BCUT2D eigenvalue weighted by molar-refractivity contribution is 8.08. The predicted octanol–water partition coefficient (Wildman–Crippen LogP) is 1.86. The Bertz CT molecular complexity index is 959. The average molecular weight is 438 g/mol. The van der Waals surface area contributed by atoms with Crippen LogP contribution < -0.4 is 5.50 Å². The van der Waals surface area contributed by atoms with E-state index in [1.165, 1.54) is 6.33 Å². The molecule has 0 radical (unpaired) electrons. The van der Waals surface area contributed by atoms with Crippen molar-refractivity contribution < 1.29 is 13.8 Å². The van der Waals surface area contributed by atoms with Crippen molar-refractivity contribution in [2.45, 2.75) is 31.6 Å². The van der Waals surface area contributed by atoms with E-state index in [-0.39, 0.29) is 32.0 Å². The molecule has 1 unspecified atom stereocenters. The molecule has 0 spiro atoms.